The Hall–Kier alpha value is -1.81. The molecule has 0 unspecified atom stereocenters. The maximum atomic E-state index is 3.68. The summed E-state index contributed by atoms with van der Waals surface area (Å²) in [5.74, 6) is 0. The molecule has 4 heteroatoms. The van der Waals surface area contributed by atoms with E-state index in [1.807, 2.05) is 11.8 Å². The lowest BCUT2D eigenvalue weighted by molar-refractivity contribution is 0.636. The van der Waals surface area contributed by atoms with E-state index >= 15 is 0 Å². The van der Waals surface area contributed by atoms with E-state index in [2.05, 4.69) is 79.2 Å². The first-order chi connectivity index (χ1) is 15.7. The summed E-state index contributed by atoms with van der Waals surface area (Å²) in [5.41, 5.74) is 5.19. The van der Waals surface area contributed by atoms with Crippen LogP contribution in [0.5, 0.6) is 0 Å². The predicted molar refractivity (Wildman–Crippen MR) is 144 cm³/mol. The average Bonchev–Trinajstić information content (AvgIpc) is 2.81. The molecule has 0 bridgehead atoms. The van der Waals surface area contributed by atoms with E-state index in [1.165, 1.54) is 83.9 Å². The highest BCUT2D eigenvalue weighted by atomic mass is 32.2. The van der Waals surface area contributed by atoms with Crippen molar-refractivity contribution in [2.45, 2.75) is 88.9 Å². The highest BCUT2D eigenvalue weighted by molar-refractivity contribution is 7.99. The fraction of sp³-hybridized carbons (Fsp3) is 0.571. The molecule has 2 aromatic rings. The Balaban J connectivity index is 1.79. The van der Waals surface area contributed by atoms with Crippen molar-refractivity contribution in [2.24, 2.45) is 0 Å². The van der Waals surface area contributed by atoms with Gasteiger partial charge in [-0.2, -0.15) is 0 Å². The SMILES string of the molecule is CCCCCN(CCCCC)c1ccc2c(c1)Sc1cc(N(CCC)CCC)ccc1N2. The van der Waals surface area contributed by atoms with Gasteiger partial charge < -0.3 is 15.1 Å². The fourth-order valence-corrected chi connectivity index (χ4v) is 5.49. The van der Waals surface area contributed by atoms with Gasteiger partial charge in [0.05, 0.1) is 11.4 Å². The molecular formula is C28H43N3S. The topological polar surface area (TPSA) is 18.5 Å². The van der Waals surface area contributed by atoms with Crippen molar-refractivity contribution in [2.75, 3.05) is 41.3 Å². The molecule has 0 saturated carbocycles. The lowest BCUT2D eigenvalue weighted by Crippen LogP contribution is -2.26. The second-order valence-corrected chi connectivity index (χ2v) is 10.1. The molecule has 0 aromatic heterocycles. The summed E-state index contributed by atoms with van der Waals surface area (Å²) in [7, 11) is 0. The van der Waals surface area contributed by atoms with Crippen LogP contribution in [0.2, 0.25) is 0 Å². The van der Waals surface area contributed by atoms with Gasteiger partial charge in [-0.15, -0.1) is 0 Å². The van der Waals surface area contributed by atoms with Crippen LogP contribution in [0.25, 0.3) is 0 Å². The number of fused-ring (bicyclic) bond motifs is 2. The zero-order valence-corrected chi connectivity index (χ0v) is 21.6. The van der Waals surface area contributed by atoms with Gasteiger partial charge in [0.15, 0.2) is 0 Å². The lowest BCUT2D eigenvalue weighted by atomic mass is 10.1. The second kappa shape index (κ2) is 13.0. The van der Waals surface area contributed by atoms with Gasteiger partial charge in [0.25, 0.3) is 0 Å². The molecule has 0 atom stereocenters. The summed E-state index contributed by atoms with van der Waals surface area (Å²) in [5, 5.41) is 3.68. The molecule has 0 aliphatic carbocycles. The minimum atomic E-state index is 1.12. The number of hydrogen-bond acceptors (Lipinski definition) is 4. The fourth-order valence-electron chi connectivity index (χ4n) is 4.44. The summed E-state index contributed by atoms with van der Waals surface area (Å²) in [6.07, 6.45) is 10.1. The summed E-state index contributed by atoms with van der Waals surface area (Å²) in [6.45, 7) is 13.7. The number of anilines is 4. The van der Waals surface area contributed by atoms with Crippen LogP contribution in [-0.4, -0.2) is 26.2 Å². The summed E-state index contributed by atoms with van der Waals surface area (Å²) >= 11 is 1.92. The molecular weight excluding hydrogens is 410 g/mol. The highest BCUT2D eigenvalue weighted by Crippen LogP contribution is 2.46. The molecule has 0 radical (unpaired) electrons. The van der Waals surface area contributed by atoms with Gasteiger partial charge in [-0.05, 0) is 62.1 Å². The Labute approximate surface area is 201 Å². The molecule has 0 spiro atoms. The third-order valence-corrected chi connectivity index (χ3v) is 7.32. The third kappa shape index (κ3) is 6.60. The molecule has 1 aliphatic heterocycles. The number of nitrogens with one attached hydrogen (secondary N) is 1. The van der Waals surface area contributed by atoms with Crippen LogP contribution >= 0.6 is 11.8 Å². The molecule has 0 amide bonds. The van der Waals surface area contributed by atoms with E-state index in [4.69, 9.17) is 0 Å². The minimum absolute atomic E-state index is 1.12. The van der Waals surface area contributed by atoms with Gasteiger partial charge in [0.1, 0.15) is 0 Å². The van der Waals surface area contributed by atoms with Crippen LogP contribution < -0.4 is 15.1 Å². The summed E-state index contributed by atoms with van der Waals surface area (Å²) in [6, 6.07) is 13.9. The van der Waals surface area contributed by atoms with Crippen LogP contribution in [0, 0.1) is 0 Å². The molecule has 3 rings (SSSR count). The molecule has 176 valence electrons. The van der Waals surface area contributed by atoms with Crippen molar-refractivity contribution in [1.82, 2.24) is 0 Å². The van der Waals surface area contributed by atoms with E-state index in [1.54, 1.807) is 0 Å². The molecule has 2 aromatic carbocycles. The van der Waals surface area contributed by atoms with Crippen molar-refractivity contribution in [3.8, 4) is 0 Å². The number of unbranched alkanes of at least 4 members (excludes halogenated alkanes) is 4. The van der Waals surface area contributed by atoms with Crippen molar-refractivity contribution in [3.63, 3.8) is 0 Å². The van der Waals surface area contributed by atoms with Crippen LogP contribution in [0.4, 0.5) is 22.7 Å². The molecule has 0 fully saturated rings. The van der Waals surface area contributed by atoms with E-state index in [0.717, 1.165) is 26.2 Å². The average molecular weight is 454 g/mol. The van der Waals surface area contributed by atoms with Crippen LogP contribution in [-0.2, 0) is 0 Å². The monoisotopic (exact) mass is 453 g/mol. The van der Waals surface area contributed by atoms with Crippen molar-refractivity contribution >= 4 is 34.5 Å². The van der Waals surface area contributed by atoms with E-state index in [-0.39, 0.29) is 0 Å². The van der Waals surface area contributed by atoms with E-state index in [9.17, 15) is 0 Å². The normalized spacial score (nSPS) is 12.1. The number of rotatable bonds is 14. The Bertz CT molecular complexity index is 819. The number of benzene rings is 2. The molecule has 1 heterocycles. The standard InChI is InChI=1S/C28H43N3S/c1-5-9-11-19-31(20-12-10-6-2)24-14-16-26-28(22-24)32-27-21-23(13-15-25(27)29-26)30(17-7-3)18-8-4/h13-16,21-22,29H,5-12,17-20H2,1-4H3. The zero-order chi connectivity index (χ0) is 22.8. The number of nitrogens with zero attached hydrogens (tertiary/aromatic N) is 2. The Kier molecular flexibility index (Phi) is 10.1. The maximum absolute atomic E-state index is 3.68. The molecule has 32 heavy (non-hydrogen) atoms. The second-order valence-electron chi connectivity index (χ2n) is 8.98. The van der Waals surface area contributed by atoms with Crippen molar-refractivity contribution in [1.29, 1.82) is 0 Å². The van der Waals surface area contributed by atoms with Crippen LogP contribution in [0.1, 0.15) is 79.1 Å². The van der Waals surface area contributed by atoms with Crippen molar-refractivity contribution < 1.29 is 0 Å². The van der Waals surface area contributed by atoms with Gasteiger partial charge >= 0.3 is 0 Å². The van der Waals surface area contributed by atoms with Crippen molar-refractivity contribution in [3.05, 3.63) is 36.4 Å². The van der Waals surface area contributed by atoms with Gasteiger partial charge in [-0.25, -0.2) is 0 Å². The minimum Gasteiger partial charge on any atom is -0.372 e. The van der Waals surface area contributed by atoms with E-state index in [0.29, 0.717) is 0 Å². The Morgan fingerprint density at radius 3 is 1.50 bits per heavy atom. The third-order valence-electron chi connectivity index (χ3n) is 6.20. The summed E-state index contributed by atoms with van der Waals surface area (Å²) < 4.78 is 0. The van der Waals surface area contributed by atoms with E-state index < -0.39 is 0 Å². The quantitative estimate of drug-likeness (QED) is 0.246. The zero-order valence-electron chi connectivity index (χ0n) is 20.8. The van der Waals surface area contributed by atoms with Gasteiger partial charge in [0.2, 0.25) is 0 Å². The summed E-state index contributed by atoms with van der Waals surface area (Å²) in [4.78, 5) is 7.83. The lowest BCUT2D eigenvalue weighted by Gasteiger charge is -2.29. The maximum Gasteiger partial charge on any atom is 0.0527 e. The molecule has 0 saturated heterocycles. The first kappa shape index (κ1) is 24.8. The van der Waals surface area contributed by atoms with Crippen LogP contribution in [0.15, 0.2) is 46.2 Å². The molecule has 1 N–H and O–H groups in total. The molecule has 1 aliphatic rings. The predicted octanol–water partition coefficient (Wildman–Crippen LogP) is 8.71. The largest absolute Gasteiger partial charge is 0.372 e. The molecule has 3 nitrogen and oxygen atoms in total. The Morgan fingerprint density at radius 1 is 0.594 bits per heavy atom. The first-order valence-corrected chi connectivity index (χ1v) is 13.7. The van der Waals surface area contributed by atoms with Crippen LogP contribution in [0.3, 0.4) is 0 Å². The van der Waals surface area contributed by atoms with Gasteiger partial charge in [-0.3, -0.25) is 0 Å². The highest BCUT2D eigenvalue weighted by Gasteiger charge is 2.19. The Morgan fingerprint density at radius 2 is 1.06 bits per heavy atom. The van der Waals surface area contributed by atoms with Gasteiger partial charge in [-0.1, -0.05) is 65.1 Å². The van der Waals surface area contributed by atoms with Gasteiger partial charge in [0, 0.05) is 47.3 Å². The first-order valence-electron chi connectivity index (χ1n) is 12.9. The number of hydrogen-bond donors (Lipinski definition) is 1. The smallest absolute Gasteiger partial charge is 0.0527 e.